The Balaban J connectivity index is 2.53. The molecule has 0 aliphatic heterocycles. The van der Waals surface area contributed by atoms with Gasteiger partial charge in [-0.1, -0.05) is 12.1 Å². The van der Waals surface area contributed by atoms with Crippen molar-refractivity contribution in [3.63, 3.8) is 0 Å². The zero-order valence-corrected chi connectivity index (χ0v) is 13.4. The van der Waals surface area contributed by atoms with E-state index in [4.69, 9.17) is 4.74 Å². The molecule has 1 atom stereocenters. The molecule has 1 aromatic carbocycles. The number of hydrogen-bond acceptors (Lipinski definition) is 3. The Morgan fingerprint density at radius 2 is 1.78 bits per heavy atom. The number of carbonyl (C=O) groups is 1. The minimum Gasteiger partial charge on any atom is -0.444 e. The zero-order valence-electron chi connectivity index (χ0n) is 13.4. The number of amides is 1. The van der Waals surface area contributed by atoms with Crippen LogP contribution in [0.5, 0.6) is 0 Å². The first-order valence-corrected chi connectivity index (χ1v) is 7.28. The number of hydrogen-bond donors (Lipinski definition) is 2. The Bertz CT molecular complexity index is 507. The van der Waals surface area contributed by atoms with Crippen LogP contribution in [-0.4, -0.2) is 29.4 Å². The van der Waals surface area contributed by atoms with Crippen molar-refractivity contribution < 1.29 is 27.8 Å². The Hall–Kier alpha value is -1.76. The Morgan fingerprint density at radius 1 is 1.22 bits per heavy atom. The van der Waals surface area contributed by atoms with Crippen molar-refractivity contribution in [2.24, 2.45) is 0 Å². The molecule has 0 spiro atoms. The van der Waals surface area contributed by atoms with E-state index >= 15 is 0 Å². The van der Waals surface area contributed by atoms with E-state index in [2.05, 4.69) is 5.32 Å². The van der Waals surface area contributed by atoms with Gasteiger partial charge >= 0.3 is 12.3 Å². The molecule has 4 nitrogen and oxygen atoms in total. The van der Waals surface area contributed by atoms with E-state index in [0.29, 0.717) is 18.4 Å². The highest BCUT2D eigenvalue weighted by Gasteiger charge is 2.29. The van der Waals surface area contributed by atoms with Crippen LogP contribution in [0.4, 0.5) is 18.0 Å². The Morgan fingerprint density at radius 3 is 2.22 bits per heavy atom. The van der Waals surface area contributed by atoms with Crippen LogP contribution in [-0.2, 0) is 17.3 Å². The van der Waals surface area contributed by atoms with Gasteiger partial charge in [-0.05, 0) is 51.3 Å². The number of alkyl carbamates (subject to hydrolysis) is 1. The highest BCUT2D eigenvalue weighted by atomic mass is 19.4. The molecule has 0 bridgehead atoms. The molecule has 0 unspecified atom stereocenters. The highest BCUT2D eigenvalue weighted by Crippen LogP contribution is 2.29. The number of halogens is 3. The first kappa shape index (κ1) is 19.3. The van der Waals surface area contributed by atoms with E-state index in [9.17, 15) is 23.1 Å². The summed E-state index contributed by atoms with van der Waals surface area (Å²) in [6.45, 7) is 4.90. The molecule has 0 fully saturated rings. The second-order valence-corrected chi connectivity index (χ2v) is 6.26. The zero-order chi connectivity index (χ0) is 17.7. The number of alkyl halides is 3. The van der Waals surface area contributed by atoms with Crippen molar-refractivity contribution >= 4 is 6.09 Å². The lowest BCUT2D eigenvalue weighted by Gasteiger charge is -2.22. The van der Waals surface area contributed by atoms with E-state index in [-0.39, 0.29) is 6.61 Å². The highest BCUT2D eigenvalue weighted by molar-refractivity contribution is 5.68. The van der Waals surface area contributed by atoms with Gasteiger partial charge in [0.25, 0.3) is 0 Å². The molecule has 0 aromatic heterocycles. The molecule has 130 valence electrons. The lowest BCUT2D eigenvalue weighted by Crippen LogP contribution is -2.41. The summed E-state index contributed by atoms with van der Waals surface area (Å²) in [4.78, 5) is 11.6. The molecular weight excluding hydrogens is 311 g/mol. The summed E-state index contributed by atoms with van der Waals surface area (Å²) in [7, 11) is 0. The topological polar surface area (TPSA) is 58.6 Å². The van der Waals surface area contributed by atoms with Crippen molar-refractivity contribution in [1.29, 1.82) is 0 Å². The number of rotatable bonds is 5. The fraction of sp³-hybridized carbons (Fsp3) is 0.562. The monoisotopic (exact) mass is 333 g/mol. The molecule has 0 aliphatic rings. The number of aryl methyl sites for hydroxylation is 1. The van der Waals surface area contributed by atoms with Crippen LogP contribution in [0.3, 0.4) is 0 Å². The van der Waals surface area contributed by atoms with Gasteiger partial charge in [-0.2, -0.15) is 13.2 Å². The van der Waals surface area contributed by atoms with Crippen LogP contribution in [0.15, 0.2) is 24.3 Å². The quantitative estimate of drug-likeness (QED) is 0.867. The maximum absolute atomic E-state index is 12.5. The van der Waals surface area contributed by atoms with Crippen molar-refractivity contribution in [3.05, 3.63) is 35.4 Å². The summed E-state index contributed by atoms with van der Waals surface area (Å²) in [6, 6.07) is 4.30. The van der Waals surface area contributed by atoms with Gasteiger partial charge < -0.3 is 15.2 Å². The molecule has 7 heteroatoms. The molecule has 0 saturated heterocycles. The summed E-state index contributed by atoms with van der Waals surface area (Å²) < 4.78 is 42.5. The van der Waals surface area contributed by atoms with Crippen LogP contribution in [0.2, 0.25) is 0 Å². The van der Waals surface area contributed by atoms with Crippen LogP contribution < -0.4 is 5.32 Å². The van der Waals surface area contributed by atoms with Gasteiger partial charge in [0, 0.05) is 0 Å². The number of aliphatic hydroxyl groups excluding tert-OH is 1. The lowest BCUT2D eigenvalue weighted by atomic mass is 10.0. The number of benzene rings is 1. The summed E-state index contributed by atoms with van der Waals surface area (Å²) in [5, 5.41) is 11.8. The van der Waals surface area contributed by atoms with E-state index < -0.39 is 29.5 Å². The third-order valence-electron chi connectivity index (χ3n) is 3.00. The van der Waals surface area contributed by atoms with Crippen LogP contribution >= 0.6 is 0 Å². The fourth-order valence-electron chi connectivity index (χ4n) is 1.88. The van der Waals surface area contributed by atoms with Gasteiger partial charge in [0.1, 0.15) is 5.60 Å². The second-order valence-electron chi connectivity index (χ2n) is 6.26. The molecule has 1 amide bonds. The van der Waals surface area contributed by atoms with E-state index in [1.165, 1.54) is 12.1 Å². The standard InChI is InChI=1S/C16H22F3NO3/c1-15(2,3)23-14(22)20-13(10-21)9-6-11-4-7-12(8-5-11)16(17,18)19/h4-5,7-8,13,21H,6,9-10H2,1-3H3,(H,20,22)/t13-/m1/s1. The number of ether oxygens (including phenoxy) is 1. The van der Waals surface area contributed by atoms with E-state index in [0.717, 1.165) is 12.1 Å². The average molecular weight is 333 g/mol. The molecule has 1 aromatic rings. The largest absolute Gasteiger partial charge is 0.444 e. The Kier molecular flexibility index (Phi) is 6.44. The number of carbonyl (C=O) groups excluding carboxylic acids is 1. The van der Waals surface area contributed by atoms with Gasteiger partial charge in [0.15, 0.2) is 0 Å². The average Bonchev–Trinajstić information content (AvgIpc) is 2.41. The molecule has 0 saturated carbocycles. The summed E-state index contributed by atoms with van der Waals surface area (Å²) in [5.74, 6) is 0. The SMILES string of the molecule is CC(C)(C)OC(=O)N[C@@H](CO)CCc1ccc(C(F)(F)F)cc1. The summed E-state index contributed by atoms with van der Waals surface area (Å²) in [6.07, 6.45) is -4.17. The maximum atomic E-state index is 12.5. The van der Waals surface area contributed by atoms with Crippen molar-refractivity contribution in [2.75, 3.05) is 6.61 Å². The van der Waals surface area contributed by atoms with E-state index in [1.54, 1.807) is 20.8 Å². The summed E-state index contributed by atoms with van der Waals surface area (Å²) in [5.41, 5.74) is -0.647. The molecule has 0 heterocycles. The molecule has 0 radical (unpaired) electrons. The minimum absolute atomic E-state index is 0.278. The van der Waals surface area contributed by atoms with E-state index in [1.807, 2.05) is 0 Å². The predicted octanol–water partition coefficient (Wildman–Crippen LogP) is 3.52. The first-order valence-electron chi connectivity index (χ1n) is 7.28. The Labute approximate surface area is 133 Å². The van der Waals surface area contributed by atoms with Gasteiger partial charge in [0.2, 0.25) is 0 Å². The number of aliphatic hydroxyl groups is 1. The van der Waals surface area contributed by atoms with Crippen LogP contribution in [0.25, 0.3) is 0 Å². The molecule has 0 aliphatic carbocycles. The van der Waals surface area contributed by atoms with Gasteiger partial charge in [-0.15, -0.1) is 0 Å². The molecule has 1 rings (SSSR count). The third kappa shape index (κ3) is 7.36. The molecule has 2 N–H and O–H groups in total. The van der Waals surface area contributed by atoms with Crippen LogP contribution in [0.1, 0.15) is 38.3 Å². The van der Waals surface area contributed by atoms with Gasteiger partial charge in [-0.3, -0.25) is 0 Å². The molecular formula is C16H22F3NO3. The molecule has 23 heavy (non-hydrogen) atoms. The number of nitrogens with one attached hydrogen (secondary N) is 1. The first-order chi connectivity index (χ1) is 10.5. The minimum atomic E-state index is -4.36. The van der Waals surface area contributed by atoms with Gasteiger partial charge in [-0.25, -0.2) is 4.79 Å². The second kappa shape index (κ2) is 7.68. The fourth-order valence-corrected chi connectivity index (χ4v) is 1.88. The van der Waals surface area contributed by atoms with Gasteiger partial charge in [0.05, 0.1) is 18.2 Å². The predicted molar refractivity (Wildman–Crippen MR) is 80.0 cm³/mol. The lowest BCUT2D eigenvalue weighted by molar-refractivity contribution is -0.137. The smallest absolute Gasteiger partial charge is 0.416 e. The van der Waals surface area contributed by atoms with Crippen molar-refractivity contribution in [1.82, 2.24) is 5.32 Å². The maximum Gasteiger partial charge on any atom is 0.416 e. The normalized spacial score (nSPS) is 13.5. The third-order valence-corrected chi connectivity index (χ3v) is 3.00. The van der Waals surface area contributed by atoms with Crippen LogP contribution in [0, 0.1) is 0 Å². The van der Waals surface area contributed by atoms with Crippen molar-refractivity contribution in [3.8, 4) is 0 Å². The summed E-state index contributed by atoms with van der Waals surface area (Å²) >= 11 is 0. The van der Waals surface area contributed by atoms with Crippen molar-refractivity contribution in [2.45, 2.75) is 51.4 Å².